The van der Waals surface area contributed by atoms with Gasteiger partial charge in [0.05, 0.1) is 19.8 Å². The molecule has 0 saturated heterocycles. The zero-order valence-corrected chi connectivity index (χ0v) is 20.8. The number of hydrogen-bond acceptors (Lipinski definition) is 7. The van der Waals surface area contributed by atoms with Crippen molar-refractivity contribution in [2.75, 3.05) is 65.8 Å². The van der Waals surface area contributed by atoms with E-state index in [0.717, 1.165) is 19.5 Å². The molecular formula is C25H42N4O6. The van der Waals surface area contributed by atoms with Crippen molar-refractivity contribution in [1.82, 2.24) is 21.3 Å². The van der Waals surface area contributed by atoms with E-state index in [1.54, 1.807) is 6.08 Å². The molecule has 0 rings (SSSR count). The van der Waals surface area contributed by atoms with E-state index in [1.807, 2.05) is 0 Å². The minimum absolute atomic E-state index is 0.143. The van der Waals surface area contributed by atoms with Crippen LogP contribution in [0.4, 0.5) is 0 Å². The predicted molar refractivity (Wildman–Crippen MR) is 137 cm³/mol. The fourth-order valence-corrected chi connectivity index (χ4v) is 2.77. The summed E-state index contributed by atoms with van der Waals surface area (Å²) in [5, 5.41) is 11.5. The lowest BCUT2D eigenvalue weighted by molar-refractivity contribution is -0.123. The Morgan fingerprint density at radius 2 is 1.09 bits per heavy atom. The molecule has 0 radical (unpaired) electrons. The number of carbonyl (C=O) groups is 3. The van der Waals surface area contributed by atoms with Gasteiger partial charge in [0.1, 0.15) is 5.54 Å². The summed E-state index contributed by atoms with van der Waals surface area (Å²) in [4.78, 5) is 34.7. The van der Waals surface area contributed by atoms with Crippen molar-refractivity contribution in [3.05, 3.63) is 50.6 Å². The Kier molecular flexibility index (Phi) is 20.0. The van der Waals surface area contributed by atoms with Gasteiger partial charge >= 0.3 is 0 Å². The Bertz CT molecular complexity index is 636. The lowest BCUT2D eigenvalue weighted by atomic mass is 10.0. The van der Waals surface area contributed by atoms with E-state index in [4.69, 9.17) is 14.2 Å². The molecule has 0 aromatic carbocycles. The second-order valence-corrected chi connectivity index (χ2v) is 7.68. The second-order valence-electron chi connectivity index (χ2n) is 7.68. The van der Waals surface area contributed by atoms with E-state index in [1.165, 1.54) is 18.2 Å². The third kappa shape index (κ3) is 18.2. The van der Waals surface area contributed by atoms with Crippen molar-refractivity contribution in [1.29, 1.82) is 0 Å². The maximum Gasteiger partial charge on any atom is 0.244 e. The van der Waals surface area contributed by atoms with Crippen LogP contribution >= 0.6 is 0 Å². The zero-order chi connectivity index (χ0) is 26.2. The SMILES string of the molecule is C=CCNCCCOCC(COCCCNC(=O)C=C)(COCCCNC(=O)C=C)NC(=O)C=C. The van der Waals surface area contributed by atoms with Gasteiger partial charge in [-0.3, -0.25) is 14.4 Å². The molecule has 0 aliphatic heterocycles. The summed E-state index contributed by atoms with van der Waals surface area (Å²) in [6.45, 7) is 18.1. The van der Waals surface area contributed by atoms with Crippen LogP contribution in [0.2, 0.25) is 0 Å². The van der Waals surface area contributed by atoms with Gasteiger partial charge in [0.2, 0.25) is 17.7 Å². The number of ether oxygens (including phenoxy) is 3. The average Bonchev–Trinajstić information content (AvgIpc) is 2.86. The quantitative estimate of drug-likeness (QED) is 0.0880. The maximum atomic E-state index is 12.2. The molecule has 0 fully saturated rings. The van der Waals surface area contributed by atoms with Crippen molar-refractivity contribution in [3.63, 3.8) is 0 Å². The largest absolute Gasteiger partial charge is 0.379 e. The highest BCUT2D eigenvalue weighted by atomic mass is 16.5. The van der Waals surface area contributed by atoms with Crippen LogP contribution in [0.25, 0.3) is 0 Å². The van der Waals surface area contributed by atoms with E-state index < -0.39 is 5.54 Å². The molecule has 10 heteroatoms. The molecule has 0 heterocycles. The average molecular weight is 495 g/mol. The molecule has 0 atom stereocenters. The molecular weight excluding hydrogens is 452 g/mol. The predicted octanol–water partition coefficient (Wildman–Crippen LogP) is 0.628. The van der Waals surface area contributed by atoms with E-state index in [9.17, 15) is 14.4 Å². The van der Waals surface area contributed by atoms with Gasteiger partial charge < -0.3 is 35.5 Å². The molecule has 0 aliphatic rings. The fraction of sp³-hybridized carbons (Fsp3) is 0.560. The van der Waals surface area contributed by atoms with Gasteiger partial charge in [0, 0.05) is 39.5 Å². The topological polar surface area (TPSA) is 127 Å². The highest BCUT2D eigenvalue weighted by molar-refractivity contribution is 5.87. The Morgan fingerprint density at radius 3 is 1.49 bits per heavy atom. The van der Waals surface area contributed by atoms with Gasteiger partial charge in [0.25, 0.3) is 0 Å². The van der Waals surface area contributed by atoms with Gasteiger partial charge in [-0.1, -0.05) is 25.8 Å². The minimum atomic E-state index is -0.936. The first-order chi connectivity index (χ1) is 16.9. The van der Waals surface area contributed by atoms with E-state index >= 15 is 0 Å². The molecule has 4 N–H and O–H groups in total. The first kappa shape index (κ1) is 32.2. The monoisotopic (exact) mass is 494 g/mol. The van der Waals surface area contributed by atoms with E-state index in [0.29, 0.717) is 45.8 Å². The summed E-state index contributed by atoms with van der Waals surface area (Å²) < 4.78 is 17.5. The number of rotatable bonds is 24. The van der Waals surface area contributed by atoms with Crippen LogP contribution in [0.15, 0.2) is 50.6 Å². The zero-order valence-electron chi connectivity index (χ0n) is 20.8. The number of nitrogens with one attached hydrogen (secondary N) is 4. The number of amides is 3. The Hall–Kier alpha value is -2.79. The highest BCUT2D eigenvalue weighted by Crippen LogP contribution is 2.10. The number of hydrogen-bond donors (Lipinski definition) is 4. The Labute approximate surface area is 209 Å². The molecule has 0 bridgehead atoms. The Balaban J connectivity index is 4.87. The molecule has 0 aromatic rings. The Morgan fingerprint density at radius 1 is 0.657 bits per heavy atom. The van der Waals surface area contributed by atoms with E-state index in [2.05, 4.69) is 47.6 Å². The molecule has 0 saturated carbocycles. The van der Waals surface area contributed by atoms with Crippen molar-refractivity contribution in [2.24, 2.45) is 0 Å². The van der Waals surface area contributed by atoms with Gasteiger partial charge in [-0.25, -0.2) is 0 Å². The van der Waals surface area contributed by atoms with Crippen LogP contribution in [0.5, 0.6) is 0 Å². The van der Waals surface area contributed by atoms with Crippen molar-refractivity contribution < 1.29 is 28.6 Å². The summed E-state index contributed by atoms with van der Waals surface area (Å²) in [6.07, 6.45) is 7.35. The van der Waals surface area contributed by atoms with Crippen molar-refractivity contribution >= 4 is 17.7 Å². The molecule has 0 spiro atoms. The molecule has 0 aliphatic carbocycles. The summed E-state index contributed by atoms with van der Waals surface area (Å²) >= 11 is 0. The van der Waals surface area contributed by atoms with Crippen molar-refractivity contribution in [2.45, 2.75) is 24.8 Å². The first-order valence-electron chi connectivity index (χ1n) is 11.7. The molecule has 0 unspecified atom stereocenters. The minimum Gasteiger partial charge on any atom is -0.379 e. The summed E-state index contributed by atoms with van der Waals surface area (Å²) in [5.41, 5.74) is -0.936. The van der Waals surface area contributed by atoms with Crippen LogP contribution in [0.1, 0.15) is 19.3 Å². The summed E-state index contributed by atoms with van der Waals surface area (Å²) in [5.74, 6) is -0.859. The highest BCUT2D eigenvalue weighted by Gasteiger charge is 2.33. The smallest absolute Gasteiger partial charge is 0.244 e. The van der Waals surface area contributed by atoms with Gasteiger partial charge in [-0.05, 0) is 44.0 Å². The van der Waals surface area contributed by atoms with Crippen LogP contribution < -0.4 is 21.3 Å². The van der Waals surface area contributed by atoms with Crippen LogP contribution in [0.3, 0.4) is 0 Å². The van der Waals surface area contributed by atoms with Crippen LogP contribution in [-0.2, 0) is 28.6 Å². The van der Waals surface area contributed by atoms with E-state index in [-0.39, 0.29) is 37.5 Å². The second kappa shape index (κ2) is 21.7. The van der Waals surface area contributed by atoms with Crippen LogP contribution in [0, 0.1) is 0 Å². The molecule has 198 valence electrons. The molecule has 10 nitrogen and oxygen atoms in total. The third-order valence-electron chi connectivity index (χ3n) is 4.54. The molecule has 35 heavy (non-hydrogen) atoms. The van der Waals surface area contributed by atoms with Gasteiger partial charge in [0.15, 0.2) is 0 Å². The standard InChI is InChI=1S/C25H42N4O6/c1-5-12-26-13-9-16-33-19-25(29-24(32)8-4,20-34-17-10-14-27-22(30)6-2)21-35-18-11-15-28-23(31)7-3/h5-8,26H,1-4,9-21H2,(H,27,30)(H,28,31)(H,29,32). The lowest BCUT2D eigenvalue weighted by Gasteiger charge is -2.34. The maximum absolute atomic E-state index is 12.2. The number of carbonyl (C=O) groups excluding carboxylic acids is 3. The third-order valence-corrected chi connectivity index (χ3v) is 4.54. The molecule has 3 amide bonds. The fourth-order valence-electron chi connectivity index (χ4n) is 2.77. The van der Waals surface area contributed by atoms with Gasteiger partial charge in [-0.2, -0.15) is 0 Å². The normalized spacial score (nSPS) is 10.7. The molecule has 0 aromatic heterocycles. The van der Waals surface area contributed by atoms with Gasteiger partial charge in [-0.15, -0.1) is 6.58 Å². The first-order valence-corrected chi connectivity index (χ1v) is 11.7. The summed E-state index contributed by atoms with van der Waals surface area (Å²) in [6, 6.07) is 0. The van der Waals surface area contributed by atoms with Crippen LogP contribution in [-0.4, -0.2) is 89.1 Å². The van der Waals surface area contributed by atoms with Crippen molar-refractivity contribution in [3.8, 4) is 0 Å². The lowest BCUT2D eigenvalue weighted by Crippen LogP contribution is -2.58. The summed E-state index contributed by atoms with van der Waals surface area (Å²) in [7, 11) is 0.